The fourth-order valence-electron chi connectivity index (χ4n) is 5.50. The molecule has 2 aliphatic heterocycles. The van der Waals surface area contributed by atoms with Crippen molar-refractivity contribution >= 4 is 32.6 Å². The molecular weight excluding hydrogens is 553 g/mol. The average molecular weight is 586 g/mol. The first-order chi connectivity index (χ1) is 18.9. The predicted molar refractivity (Wildman–Crippen MR) is 155 cm³/mol. The number of hydrogen-bond acceptors (Lipinski definition) is 6. The van der Waals surface area contributed by atoms with Crippen molar-refractivity contribution in [2.75, 3.05) is 26.0 Å². The number of phenols is 1. The van der Waals surface area contributed by atoms with Gasteiger partial charge in [0.15, 0.2) is 21.4 Å². The van der Waals surface area contributed by atoms with Crippen molar-refractivity contribution in [3.05, 3.63) is 82.1 Å². The quantitative estimate of drug-likeness (QED) is 0.330. The van der Waals surface area contributed by atoms with E-state index in [1.54, 1.807) is 19.1 Å². The van der Waals surface area contributed by atoms with Crippen molar-refractivity contribution in [1.82, 2.24) is 4.90 Å². The number of halogens is 2. The smallest absolute Gasteiger partial charge is 0.176 e. The van der Waals surface area contributed by atoms with Gasteiger partial charge in [0.2, 0.25) is 0 Å². The number of aromatic hydroxyl groups is 1. The van der Waals surface area contributed by atoms with Crippen LogP contribution in [0.1, 0.15) is 50.0 Å². The third-order valence-electron chi connectivity index (χ3n) is 7.75. The number of nitrogens with zero attached hydrogens (tertiary/aromatic N) is 1. The number of ether oxygens (including phenoxy) is 2. The van der Waals surface area contributed by atoms with Gasteiger partial charge < -0.3 is 14.6 Å². The fourth-order valence-corrected chi connectivity index (χ4v) is 6.65. The minimum atomic E-state index is -3.67. The highest BCUT2D eigenvalue weighted by molar-refractivity contribution is 7.90. The topological polar surface area (TPSA) is 76.1 Å². The zero-order valence-corrected chi connectivity index (χ0v) is 24.5. The number of likely N-dealkylation sites (tertiary alicyclic amines) is 1. The minimum absolute atomic E-state index is 0.0582. The van der Waals surface area contributed by atoms with E-state index in [9.17, 15) is 17.9 Å². The SMILES string of the molecule is CC1=C(c2ccc(Cl)cc2S(C)(=O)=O)C(c2ccc(OCC(C)N3CCC(C)C3)cc2)Oc2cc(F)c(O)cc21. The molecule has 0 amide bonds. The summed E-state index contributed by atoms with van der Waals surface area (Å²) in [4.78, 5) is 2.50. The Balaban J connectivity index is 1.52. The highest BCUT2D eigenvalue weighted by Crippen LogP contribution is 2.49. The number of sulfone groups is 1. The van der Waals surface area contributed by atoms with Gasteiger partial charge in [-0.3, -0.25) is 4.90 Å². The van der Waals surface area contributed by atoms with Crippen molar-refractivity contribution < 1.29 is 27.4 Å². The number of fused-ring (bicyclic) bond motifs is 1. The van der Waals surface area contributed by atoms with Crippen molar-refractivity contribution in [2.45, 2.75) is 44.2 Å². The molecule has 0 bridgehead atoms. The van der Waals surface area contributed by atoms with Crippen molar-refractivity contribution in [3.8, 4) is 17.2 Å². The van der Waals surface area contributed by atoms with Crippen LogP contribution in [0.15, 0.2) is 59.5 Å². The number of hydrogen-bond donors (Lipinski definition) is 1. The predicted octanol–water partition coefficient (Wildman–Crippen LogP) is 6.76. The Labute approximate surface area is 239 Å². The van der Waals surface area contributed by atoms with Crippen LogP contribution in [0, 0.1) is 11.7 Å². The van der Waals surface area contributed by atoms with Crippen LogP contribution in [-0.4, -0.2) is 50.4 Å². The van der Waals surface area contributed by atoms with E-state index in [0.29, 0.717) is 46.6 Å². The molecule has 1 N–H and O–H groups in total. The fraction of sp³-hybridized carbons (Fsp3) is 0.355. The molecule has 5 rings (SSSR count). The summed E-state index contributed by atoms with van der Waals surface area (Å²) in [6.07, 6.45) is 1.58. The van der Waals surface area contributed by atoms with Gasteiger partial charge in [-0.15, -0.1) is 0 Å². The number of rotatable bonds is 7. The van der Waals surface area contributed by atoms with Gasteiger partial charge in [-0.2, -0.15) is 0 Å². The molecule has 212 valence electrons. The largest absolute Gasteiger partial charge is 0.505 e. The summed E-state index contributed by atoms with van der Waals surface area (Å²) in [6, 6.07) is 14.9. The molecule has 2 aliphatic rings. The molecule has 1 saturated heterocycles. The van der Waals surface area contributed by atoms with Crippen molar-refractivity contribution in [2.24, 2.45) is 5.92 Å². The number of phenolic OH excluding ortho intramolecular Hbond substituents is 1. The third-order valence-corrected chi connectivity index (χ3v) is 9.12. The summed E-state index contributed by atoms with van der Waals surface area (Å²) >= 11 is 6.19. The number of benzene rings is 3. The van der Waals surface area contributed by atoms with Gasteiger partial charge >= 0.3 is 0 Å². The van der Waals surface area contributed by atoms with Gasteiger partial charge in [-0.1, -0.05) is 36.7 Å². The van der Waals surface area contributed by atoms with Gasteiger partial charge in [-0.05, 0) is 74.2 Å². The Kier molecular flexibility index (Phi) is 7.88. The lowest BCUT2D eigenvalue weighted by Crippen LogP contribution is -2.35. The monoisotopic (exact) mass is 585 g/mol. The zero-order valence-electron chi connectivity index (χ0n) is 22.9. The lowest BCUT2D eigenvalue weighted by molar-refractivity contribution is 0.169. The normalized spacial score (nSPS) is 20.2. The van der Waals surface area contributed by atoms with E-state index in [1.165, 1.54) is 18.6 Å². The first-order valence-corrected chi connectivity index (χ1v) is 15.6. The summed E-state index contributed by atoms with van der Waals surface area (Å²) in [6.45, 7) is 8.97. The molecule has 3 aromatic rings. The molecule has 1 fully saturated rings. The second-order valence-corrected chi connectivity index (χ2v) is 13.3. The maximum atomic E-state index is 14.3. The second kappa shape index (κ2) is 11.1. The van der Waals surface area contributed by atoms with E-state index >= 15 is 0 Å². The van der Waals surface area contributed by atoms with E-state index in [4.69, 9.17) is 21.1 Å². The molecule has 0 saturated carbocycles. The first-order valence-electron chi connectivity index (χ1n) is 13.3. The Bertz CT molecular complexity index is 1570. The van der Waals surface area contributed by atoms with Crippen LogP contribution in [0.2, 0.25) is 5.02 Å². The molecule has 40 heavy (non-hydrogen) atoms. The highest BCUT2D eigenvalue weighted by Gasteiger charge is 2.33. The van der Waals surface area contributed by atoms with Crippen molar-refractivity contribution in [3.63, 3.8) is 0 Å². The van der Waals surface area contributed by atoms with Crippen LogP contribution in [0.3, 0.4) is 0 Å². The van der Waals surface area contributed by atoms with Crippen LogP contribution in [-0.2, 0) is 9.84 Å². The van der Waals surface area contributed by atoms with E-state index in [1.807, 2.05) is 24.3 Å². The Morgan fingerprint density at radius 3 is 2.52 bits per heavy atom. The van der Waals surface area contributed by atoms with E-state index in [-0.39, 0.29) is 15.7 Å². The molecule has 0 radical (unpaired) electrons. The third kappa shape index (κ3) is 5.71. The van der Waals surface area contributed by atoms with E-state index in [0.717, 1.165) is 31.0 Å². The van der Waals surface area contributed by atoms with Crippen LogP contribution in [0.4, 0.5) is 4.39 Å². The lowest BCUT2D eigenvalue weighted by atomic mass is 9.86. The molecule has 2 heterocycles. The summed E-state index contributed by atoms with van der Waals surface area (Å²) in [5, 5.41) is 10.4. The summed E-state index contributed by atoms with van der Waals surface area (Å²) in [7, 11) is -3.67. The Morgan fingerprint density at radius 1 is 1.15 bits per heavy atom. The summed E-state index contributed by atoms with van der Waals surface area (Å²) in [5.74, 6) is 0.348. The van der Waals surface area contributed by atoms with E-state index < -0.39 is 27.5 Å². The summed E-state index contributed by atoms with van der Waals surface area (Å²) < 4.78 is 52.3. The molecule has 9 heteroatoms. The standard InChI is InChI=1S/C31H33ClFNO5S/c1-18-11-12-34(16-18)19(2)17-38-23-8-5-21(6-9-23)31-30(24-10-7-22(32)13-29(24)40(4,36)37)20(3)25-14-27(35)26(33)15-28(25)39-31/h5-10,13-15,18-19,31,35H,11-12,16-17H2,1-4H3. The van der Waals surface area contributed by atoms with Crippen LogP contribution in [0.5, 0.6) is 17.2 Å². The van der Waals surface area contributed by atoms with Gasteiger partial charge in [0.25, 0.3) is 0 Å². The molecule has 3 atom stereocenters. The molecule has 3 aromatic carbocycles. The Morgan fingerprint density at radius 2 is 1.88 bits per heavy atom. The lowest BCUT2D eigenvalue weighted by Gasteiger charge is -2.32. The van der Waals surface area contributed by atoms with Crippen LogP contribution >= 0.6 is 11.6 Å². The molecule has 0 spiro atoms. The van der Waals surface area contributed by atoms with E-state index in [2.05, 4.69) is 18.7 Å². The van der Waals surface area contributed by atoms with Crippen molar-refractivity contribution in [1.29, 1.82) is 0 Å². The van der Waals surface area contributed by atoms with Crippen LogP contribution < -0.4 is 9.47 Å². The molecule has 0 aromatic heterocycles. The molecule has 6 nitrogen and oxygen atoms in total. The molecule has 0 aliphatic carbocycles. The maximum absolute atomic E-state index is 14.3. The molecular formula is C31H33ClFNO5S. The first kappa shape index (κ1) is 28.5. The van der Waals surface area contributed by atoms with Gasteiger partial charge in [-0.25, -0.2) is 12.8 Å². The van der Waals surface area contributed by atoms with Gasteiger partial charge in [0, 0.05) is 46.6 Å². The number of allylic oxidation sites excluding steroid dienone is 1. The molecule has 3 unspecified atom stereocenters. The van der Waals surface area contributed by atoms with Gasteiger partial charge in [0.1, 0.15) is 24.2 Å². The zero-order chi connectivity index (χ0) is 28.8. The average Bonchev–Trinajstić information content (AvgIpc) is 3.35. The highest BCUT2D eigenvalue weighted by atomic mass is 35.5. The Hall–Kier alpha value is -3.07. The van der Waals surface area contributed by atoms with Crippen LogP contribution in [0.25, 0.3) is 11.1 Å². The minimum Gasteiger partial charge on any atom is -0.505 e. The summed E-state index contributed by atoms with van der Waals surface area (Å²) in [5.41, 5.74) is 2.88. The van der Waals surface area contributed by atoms with Gasteiger partial charge in [0.05, 0.1) is 4.90 Å². The maximum Gasteiger partial charge on any atom is 0.176 e. The second-order valence-electron chi connectivity index (χ2n) is 10.9.